The number of aliphatic hydroxyl groups is 1. The molecule has 1 aliphatic rings. The number of fused-ring (bicyclic) bond motifs is 2. The van der Waals surface area contributed by atoms with Crippen molar-refractivity contribution in [3.63, 3.8) is 0 Å². The average Bonchev–Trinajstić information content (AvgIpc) is 3.04. The van der Waals surface area contributed by atoms with Gasteiger partial charge in [-0.2, -0.15) is 0 Å². The van der Waals surface area contributed by atoms with Crippen LogP contribution in [0.5, 0.6) is 0 Å². The lowest BCUT2D eigenvalue weighted by molar-refractivity contribution is 0.311. The molecular formula is C18H19N3OS. The summed E-state index contributed by atoms with van der Waals surface area (Å²) in [7, 11) is 0. The van der Waals surface area contributed by atoms with Crippen molar-refractivity contribution >= 4 is 27.4 Å². The standard InChI is InChI=1S/C18H19N3OS/c22-8-7-19-17-16-15(10-23-18(16)21-11-20-17)14-6-5-12-3-1-2-4-13(12)9-14/h5-6,9-11,22H,1-4,7-8H2,(H,19,20,21). The number of rotatable bonds is 4. The van der Waals surface area contributed by atoms with Gasteiger partial charge in [-0.25, -0.2) is 9.97 Å². The van der Waals surface area contributed by atoms with Gasteiger partial charge in [-0.15, -0.1) is 11.3 Å². The molecule has 2 heterocycles. The Labute approximate surface area is 139 Å². The van der Waals surface area contributed by atoms with Crippen LogP contribution in [0.25, 0.3) is 21.3 Å². The van der Waals surface area contributed by atoms with E-state index in [4.69, 9.17) is 5.11 Å². The first-order chi connectivity index (χ1) is 11.4. The summed E-state index contributed by atoms with van der Waals surface area (Å²) in [5, 5.41) is 15.5. The van der Waals surface area contributed by atoms with Gasteiger partial charge in [-0.05, 0) is 42.4 Å². The number of hydrogen-bond donors (Lipinski definition) is 2. The summed E-state index contributed by atoms with van der Waals surface area (Å²) in [5.41, 5.74) is 5.39. The van der Waals surface area contributed by atoms with Crippen molar-refractivity contribution in [2.75, 3.05) is 18.5 Å². The van der Waals surface area contributed by atoms with Crippen LogP contribution in [0, 0.1) is 0 Å². The summed E-state index contributed by atoms with van der Waals surface area (Å²) in [6.07, 6.45) is 6.54. The van der Waals surface area contributed by atoms with E-state index in [9.17, 15) is 0 Å². The zero-order valence-corrected chi connectivity index (χ0v) is 13.7. The predicted octanol–water partition coefficient (Wildman–Crippen LogP) is 3.64. The molecule has 0 spiro atoms. The van der Waals surface area contributed by atoms with Crippen molar-refractivity contribution in [2.24, 2.45) is 0 Å². The highest BCUT2D eigenvalue weighted by molar-refractivity contribution is 7.17. The van der Waals surface area contributed by atoms with Gasteiger partial charge in [-0.3, -0.25) is 0 Å². The highest BCUT2D eigenvalue weighted by Gasteiger charge is 2.15. The fourth-order valence-electron chi connectivity index (χ4n) is 3.30. The molecule has 0 saturated heterocycles. The minimum Gasteiger partial charge on any atom is -0.395 e. The van der Waals surface area contributed by atoms with Gasteiger partial charge in [0.15, 0.2) is 0 Å². The number of nitrogens with zero attached hydrogens (tertiary/aromatic N) is 2. The highest BCUT2D eigenvalue weighted by atomic mass is 32.1. The predicted molar refractivity (Wildman–Crippen MR) is 95.1 cm³/mol. The maximum absolute atomic E-state index is 9.07. The van der Waals surface area contributed by atoms with E-state index in [1.807, 2.05) is 0 Å². The van der Waals surface area contributed by atoms with Crippen LogP contribution in [0.2, 0.25) is 0 Å². The largest absolute Gasteiger partial charge is 0.395 e. The Morgan fingerprint density at radius 2 is 2.00 bits per heavy atom. The molecule has 0 amide bonds. The van der Waals surface area contributed by atoms with E-state index in [1.165, 1.54) is 47.9 Å². The van der Waals surface area contributed by atoms with E-state index in [2.05, 4.69) is 38.9 Å². The van der Waals surface area contributed by atoms with Crippen LogP contribution in [0.1, 0.15) is 24.0 Å². The van der Waals surface area contributed by atoms with Crippen LogP contribution < -0.4 is 5.32 Å². The van der Waals surface area contributed by atoms with Crippen molar-refractivity contribution in [3.8, 4) is 11.1 Å². The molecule has 0 saturated carbocycles. The van der Waals surface area contributed by atoms with Gasteiger partial charge in [0.25, 0.3) is 0 Å². The lowest BCUT2D eigenvalue weighted by atomic mass is 9.89. The number of anilines is 1. The summed E-state index contributed by atoms with van der Waals surface area (Å²) in [4.78, 5) is 9.73. The smallest absolute Gasteiger partial charge is 0.138 e. The first-order valence-corrected chi connectivity index (χ1v) is 8.94. The summed E-state index contributed by atoms with van der Waals surface area (Å²) < 4.78 is 0. The maximum atomic E-state index is 9.07. The van der Waals surface area contributed by atoms with Crippen LogP contribution in [0.4, 0.5) is 5.82 Å². The molecule has 4 rings (SSSR count). The topological polar surface area (TPSA) is 58.0 Å². The second-order valence-corrected chi connectivity index (χ2v) is 6.75. The van der Waals surface area contributed by atoms with E-state index in [0.717, 1.165) is 16.0 Å². The fraction of sp³-hybridized carbons (Fsp3) is 0.333. The summed E-state index contributed by atoms with van der Waals surface area (Å²) >= 11 is 1.64. The molecule has 0 unspecified atom stereocenters. The third-order valence-corrected chi connectivity index (χ3v) is 5.32. The third-order valence-electron chi connectivity index (χ3n) is 4.43. The van der Waals surface area contributed by atoms with Gasteiger partial charge in [-0.1, -0.05) is 18.2 Å². The Morgan fingerprint density at radius 3 is 2.87 bits per heavy atom. The molecule has 23 heavy (non-hydrogen) atoms. The third kappa shape index (κ3) is 2.71. The van der Waals surface area contributed by atoms with Crippen LogP contribution in [0.3, 0.4) is 0 Å². The van der Waals surface area contributed by atoms with Gasteiger partial charge >= 0.3 is 0 Å². The number of thiophene rings is 1. The maximum Gasteiger partial charge on any atom is 0.138 e. The van der Waals surface area contributed by atoms with Crippen molar-refractivity contribution in [1.29, 1.82) is 0 Å². The SMILES string of the molecule is OCCNc1ncnc2scc(-c3ccc4c(c3)CCCC4)c12. The van der Waals surface area contributed by atoms with Crippen molar-refractivity contribution < 1.29 is 5.11 Å². The van der Waals surface area contributed by atoms with Gasteiger partial charge in [0.2, 0.25) is 0 Å². The number of aliphatic hydroxyl groups excluding tert-OH is 1. The monoisotopic (exact) mass is 325 g/mol. The van der Waals surface area contributed by atoms with Gasteiger partial charge in [0.1, 0.15) is 17.0 Å². The number of benzene rings is 1. The Hall–Kier alpha value is -1.98. The summed E-state index contributed by atoms with van der Waals surface area (Å²) in [6, 6.07) is 6.82. The molecule has 0 fully saturated rings. The molecule has 118 valence electrons. The van der Waals surface area contributed by atoms with Crippen molar-refractivity contribution in [3.05, 3.63) is 41.0 Å². The normalized spacial score (nSPS) is 14.0. The first-order valence-electron chi connectivity index (χ1n) is 8.06. The van der Waals surface area contributed by atoms with E-state index in [1.54, 1.807) is 17.7 Å². The Bertz CT molecular complexity index is 843. The van der Waals surface area contributed by atoms with Crippen LogP contribution in [0.15, 0.2) is 29.9 Å². The zero-order chi connectivity index (χ0) is 15.6. The molecule has 0 radical (unpaired) electrons. The molecular weight excluding hydrogens is 306 g/mol. The van der Waals surface area contributed by atoms with Crippen molar-refractivity contribution in [1.82, 2.24) is 9.97 Å². The Morgan fingerprint density at radius 1 is 1.13 bits per heavy atom. The lowest BCUT2D eigenvalue weighted by Crippen LogP contribution is -2.07. The zero-order valence-electron chi connectivity index (χ0n) is 12.9. The fourth-order valence-corrected chi connectivity index (χ4v) is 4.21. The molecule has 3 aromatic rings. The van der Waals surface area contributed by atoms with E-state index in [-0.39, 0.29) is 6.61 Å². The van der Waals surface area contributed by atoms with Crippen LogP contribution >= 0.6 is 11.3 Å². The Kier molecular flexibility index (Phi) is 3.97. The number of nitrogens with one attached hydrogen (secondary N) is 1. The van der Waals surface area contributed by atoms with Gasteiger partial charge in [0, 0.05) is 17.5 Å². The minimum absolute atomic E-state index is 0.0871. The molecule has 2 aromatic heterocycles. The van der Waals surface area contributed by atoms with Crippen molar-refractivity contribution in [2.45, 2.75) is 25.7 Å². The molecule has 0 bridgehead atoms. The number of aromatic nitrogens is 2. The first kappa shape index (κ1) is 14.6. The molecule has 0 atom stereocenters. The highest BCUT2D eigenvalue weighted by Crippen LogP contribution is 2.37. The van der Waals surface area contributed by atoms with E-state index < -0.39 is 0 Å². The van der Waals surface area contributed by atoms with Gasteiger partial charge < -0.3 is 10.4 Å². The molecule has 4 nitrogen and oxygen atoms in total. The van der Waals surface area contributed by atoms with Gasteiger partial charge in [0.05, 0.1) is 12.0 Å². The lowest BCUT2D eigenvalue weighted by Gasteiger charge is -2.16. The second kappa shape index (κ2) is 6.26. The van der Waals surface area contributed by atoms with E-state index >= 15 is 0 Å². The van der Waals surface area contributed by atoms with Crippen LogP contribution in [-0.4, -0.2) is 28.2 Å². The number of aryl methyl sites for hydroxylation is 2. The second-order valence-electron chi connectivity index (χ2n) is 5.89. The molecule has 0 aliphatic heterocycles. The number of hydrogen-bond acceptors (Lipinski definition) is 5. The minimum atomic E-state index is 0.0871. The molecule has 5 heteroatoms. The quantitative estimate of drug-likeness (QED) is 0.769. The Balaban J connectivity index is 1.82. The molecule has 1 aromatic carbocycles. The molecule has 2 N–H and O–H groups in total. The molecule has 1 aliphatic carbocycles. The van der Waals surface area contributed by atoms with Crippen LogP contribution in [-0.2, 0) is 12.8 Å². The summed E-state index contributed by atoms with van der Waals surface area (Å²) in [5.74, 6) is 0.804. The summed E-state index contributed by atoms with van der Waals surface area (Å²) in [6.45, 7) is 0.579. The van der Waals surface area contributed by atoms with E-state index in [0.29, 0.717) is 6.54 Å². The average molecular weight is 325 g/mol.